The molecule has 6 heteroatoms. The van der Waals surface area contributed by atoms with Gasteiger partial charge in [0.05, 0.1) is 17.4 Å². The first-order valence-corrected chi connectivity index (χ1v) is 11.6. The van der Waals surface area contributed by atoms with Gasteiger partial charge in [0.2, 0.25) is 0 Å². The molecule has 1 spiro atoms. The Balaban J connectivity index is 1.46. The van der Waals surface area contributed by atoms with E-state index in [0.717, 1.165) is 25.2 Å². The van der Waals surface area contributed by atoms with E-state index in [4.69, 9.17) is 0 Å². The summed E-state index contributed by atoms with van der Waals surface area (Å²) in [6.45, 7) is 13.7. The molecule has 0 bridgehead atoms. The van der Waals surface area contributed by atoms with Gasteiger partial charge in [-0.2, -0.15) is 10.4 Å². The average Bonchev–Trinajstić information content (AvgIpc) is 3.35. The van der Waals surface area contributed by atoms with Gasteiger partial charge >= 0.3 is 0 Å². The molecule has 0 aromatic carbocycles. The topological polar surface area (TPSA) is 59.6 Å². The van der Waals surface area contributed by atoms with Crippen LogP contribution >= 0.6 is 0 Å². The maximum atomic E-state index is 9.40. The van der Waals surface area contributed by atoms with E-state index in [1.165, 1.54) is 51.0 Å². The summed E-state index contributed by atoms with van der Waals surface area (Å²) in [6.07, 6.45) is 7.12. The van der Waals surface area contributed by atoms with Crippen molar-refractivity contribution in [1.29, 1.82) is 5.26 Å². The highest BCUT2D eigenvalue weighted by molar-refractivity contribution is 5.73. The van der Waals surface area contributed by atoms with Crippen LogP contribution in [-0.4, -0.2) is 59.3 Å². The Kier molecular flexibility index (Phi) is 6.31. The highest BCUT2D eigenvalue weighted by Crippen LogP contribution is 2.30. The Morgan fingerprint density at radius 1 is 1.20 bits per heavy atom. The zero-order chi connectivity index (χ0) is 21.1. The third kappa shape index (κ3) is 4.48. The van der Waals surface area contributed by atoms with Gasteiger partial charge in [-0.3, -0.25) is 0 Å². The van der Waals surface area contributed by atoms with Gasteiger partial charge in [-0.1, -0.05) is 27.2 Å². The largest absolute Gasteiger partial charge is 0.369 e. The van der Waals surface area contributed by atoms with Crippen LogP contribution in [0.5, 0.6) is 0 Å². The van der Waals surface area contributed by atoms with Crippen LogP contribution in [0.25, 0.3) is 5.52 Å². The molecule has 30 heavy (non-hydrogen) atoms. The van der Waals surface area contributed by atoms with Crippen molar-refractivity contribution >= 4 is 11.2 Å². The number of anilines is 1. The van der Waals surface area contributed by atoms with Crippen LogP contribution in [0.1, 0.15) is 52.1 Å². The number of pyridine rings is 1. The molecule has 2 saturated heterocycles. The van der Waals surface area contributed by atoms with Crippen LogP contribution in [0, 0.1) is 23.2 Å². The Labute approximate surface area is 180 Å². The maximum Gasteiger partial charge on any atom is 0.142 e. The number of fused-ring (bicyclic) bond motifs is 1. The van der Waals surface area contributed by atoms with E-state index in [0.29, 0.717) is 23.1 Å². The Morgan fingerprint density at radius 2 is 2.07 bits per heavy atom. The molecule has 2 atom stereocenters. The summed E-state index contributed by atoms with van der Waals surface area (Å²) in [5.74, 6) is 1.14. The molecule has 0 saturated carbocycles. The van der Waals surface area contributed by atoms with E-state index in [-0.39, 0.29) is 0 Å². The van der Waals surface area contributed by atoms with E-state index >= 15 is 0 Å². The van der Waals surface area contributed by atoms with Crippen molar-refractivity contribution in [3.05, 3.63) is 30.1 Å². The molecule has 2 aromatic heterocycles. The molecule has 6 nitrogen and oxygen atoms in total. The summed E-state index contributed by atoms with van der Waals surface area (Å²) < 4.78 is 1.77. The number of nitrogens with zero attached hydrogens (tertiary/aromatic N) is 5. The summed E-state index contributed by atoms with van der Waals surface area (Å²) in [6, 6.07) is 8.26. The number of nitrogens with one attached hydrogen (secondary N) is 1. The molecular formula is C24H36N6. The zero-order valence-corrected chi connectivity index (χ0v) is 18.8. The van der Waals surface area contributed by atoms with Crippen molar-refractivity contribution in [2.24, 2.45) is 11.8 Å². The molecule has 2 aliphatic rings. The van der Waals surface area contributed by atoms with E-state index in [1.807, 2.05) is 12.1 Å². The first kappa shape index (κ1) is 21.1. The van der Waals surface area contributed by atoms with Crippen LogP contribution in [0.4, 0.5) is 5.69 Å². The number of rotatable bonds is 7. The van der Waals surface area contributed by atoms with Gasteiger partial charge in [0.15, 0.2) is 0 Å². The minimum Gasteiger partial charge on any atom is -0.369 e. The summed E-state index contributed by atoms with van der Waals surface area (Å²) in [4.78, 5) is 5.17. The molecule has 4 heterocycles. The van der Waals surface area contributed by atoms with Crippen molar-refractivity contribution in [3.8, 4) is 6.07 Å². The molecule has 0 radical (unpaired) electrons. The SMILES string of the molecule is CC(C)CN(C[C@@H](C)CN1CCC2(CCCCN2)C1)c1ccc(C#N)n2nccc12. The Morgan fingerprint density at radius 3 is 2.80 bits per heavy atom. The monoisotopic (exact) mass is 408 g/mol. The standard InChI is InChI=1S/C24H36N6/c1-19(2)15-29(22-7-6-21(14-25)30-23(22)8-12-27-30)17-20(3)16-28-13-10-24(18-28)9-4-5-11-26-24/h6-8,12,19-20,26H,4-5,9-11,13,15-18H2,1-3H3/t20-,24?/m0/s1. The van der Waals surface area contributed by atoms with E-state index in [2.05, 4.69) is 53.1 Å². The van der Waals surface area contributed by atoms with Crippen molar-refractivity contribution in [2.45, 2.75) is 52.0 Å². The lowest BCUT2D eigenvalue weighted by atomic mass is 9.88. The number of likely N-dealkylation sites (tertiary alicyclic amines) is 1. The first-order chi connectivity index (χ1) is 14.5. The number of hydrogen-bond donors (Lipinski definition) is 1. The van der Waals surface area contributed by atoms with Crippen LogP contribution in [0.15, 0.2) is 24.4 Å². The third-order valence-corrected chi connectivity index (χ3v) is 6.69. The minimum atomic E-state index is 0.381. The molecule has 4 rings (SSSR count). The average molecular weight is 409 g/mol. The van der Waals surface area contributed by atoms with Crippen molar-refractivity contribution in [2.75, 3.05) is 44.2 Å². The fourth-order valence-electron chi connectivity index (χ4n) is 5.43. The molecule has 1 unspecified atom stereocenters. The Hall–Kier alpha value is -2.10. The summed E-state index contributed by atoms with van der Waals surface area (Å²) in [5, 5.41) is 17.6. The highest BCUT2D eigenvalue weighted by Gasteiger charge is 2.38. The number of piperidine rings is 1. The van der Waals surface area contributed by atoms with Crippen molar-refractivity contribution in [3.63, 3.8) is 0 Å². The van der Waals surface area contributed by atoms with Crippen LogP contribution < -0.4 is 10.2 Å². The summed E-state index contributed by atoms with van der Waals surface area (Å²) in [7, 11) is 0. The molecule has 2 aliphatic heterocycles. The lowest BCUT2D eigenvalue weighted by Gasteiger charge is -2.35. The molecule has 2 aromatic rings. The Bertz CT molecular complexity index is 889. The summed E-state index contributed by atoms with van der Waals surface area (Å²) in [5.41, 5.74) is 3.16. The lowest BCUT2D eigenvalue weighted by Crippen LogP contribution is -2.50. The normalized spacial score (nSPS) is 23.3. The smallest absolute Gasteiger partial charge is 0.142 e. The first-order valence-electron chi connectivity index (χ1n) is 11.6. The molecule has 0 aliphatic carbocycles. The second-order valence-electron chi connectivity index (χ2n) is 9.90. The quantitative estimate of drug-likeness (QED) is 0.760. The molecular weight excluding hydrogens is 372 g/mol. The van der Waals surface area contributed by atoms with Gasteiger partial charge < -0.3 is 15.1 Å². The summed E-state index contributed by atoms with van der Waals surface area (Å²) >= 11 is 0. The second kappa shape index (κ2) is 8.95. The zero-order valence-electron chi connectivity index (χ0n) is 18.8. The third-order valence-electron chi connectivity index (χ3n) is 6.69. The van der Waals surface area contributed by atoms with E-state index < -0.39 is 0 Å². The maximum absolute atomic E-state index is 9.40. The van der Waals surface area contributed by atoms with Crippen LogP contribution in [-0.2, 0) is 0 Å². The van der Waals surface area contributed by atoms with Gasteiger partial charge in [-0.05, 0) is 55.8 Å². The number of hydrogen-bond acceptors (Lipinski definition) is 5. The van der Waals surface area contributed by atoms with Gasteiger partial charge in [0.25, 0.3) is 0 Å². The fourth-order valence-corrected chi connectivity index (χ4v) is 5.43. The van der Waals surface area contributed by atoms with Gasteiger partial charge in [-0.25, -0.2) is 4.52 Å². The second-order valence-corrected chi connectivity index (χ2v) is 9.90. The molecule has 2 fully saturated rings. The number of aromatic nitrogens is 2. The lowest BCUT2D eigenvalue weighted by molar-refractivity contribution is 0.223. The predicted molar refractivity (Wildman–Crippen MR) is 122 cm³/mol. The minimum absolute atomic E-state index is 0.381. The van der Waals surface area contributed by atoms with Gasteiger partial charge in [-0.15, -0.1) is 0 Å². The van der Waals surface area contributed by atoms with Crippen LogP contribution in [0.3, 0.4) is 0 Å². The van der Waals surface area contributed by atoms with Gasteiger partial charge in [0.1, 0.15) is 11.8 Å². The van der Waals surface area contributed by atoms with Gasteiger partial charge in [0, 0.05) is 38.3 Å². The van der Waals surface area contributed by atoms with Crippen molar-refractivity contribution in [1.82, 2.24) is 19.8 Å². The van der Waals surface area contributed by atoms with E-state index in [1.54, 1.807) is 10.7 Å². The molecule has 1 N–H and O–H groups in total. The molecule has 162 valence electrons. The van der Waals surface area contributed by atoms with E-state index in [9.17, 15) is 5.26 Å². The number of nitriles is 1. The molecule has 0 amide bonds. The predicted octanol–water partition coefficient (Wildman–Crippen LogP) is 3.52. The highest BCUT2D eigenvalue weighted by atomic mass is 15.3. The van der Waals surface area contributed by atoms with Crippen molar-refractivity contribution < 1.29 is 0 Å². The fraction of sp³-hybridized carbons (Fsp3) is 0.667. The van der Waals surface area contributed by atoms with Crippen LogP contribution in [0.2, 0.25) is 0 Å².